The van der Waals surface area contributed by atoms with Crippen LogP contribution in [0.25, 0.3) is 10.9 Å². The molecule has 2 aromatic carbocycles. The second-order valence-electron chi connectivity index (χ2n) is 8.01. The lowest BCUT2D eigenvalue weighted by Crippen LogP contribution is -2.45. The Hall–Kier alpha value is -4.81. The molecule has 1 aliphatic heterocycles. The quantitative estimate of drug-likeness (QED) is 0.307. The Morgan fingerprint density at radius 2 is 1.94 bits per heavy atom. The maximum absolute atomic E-state index is 13.8. The van der Waals surface area contributed by atoms with Gasteiger partial charge in [-0.15, -0.1) is 0 Å². The summed E-state index contributed by atoms with van der Waals surface area (Å²) in [5.41, 5.74) is 1.26. The number of hydrogen-bond acceptors (Lipinski definition) is 7. The van der Waals surface area contributed by atoms with Crippen LogP contribution in [0.15, 0.2) is 54.7 Å². The molecule has 0 aliphatic carbocycles. The van der Waals surface area contributed by atoms with Gasteiger partial charge in [0.1, 0.15) is 5.82 Å². The van der Waals surface area contributed by atoms with Crippen molar-refractivity contribution in [3.05, 3.63) is 70.4 Å². The van der Waals surface area contributed by atoms with Gasteiger partial charge in [-0.05, 0) is 36.4 Å². The van der Waals surface area contributed by atoms with Crippen molar-refractivity contribution in [1.82, 2.24) is 14.8 Å². The van der Waals surface area contributed by atoms with Crippen LogP contribution in [0.3, 0.4) is 0 Å². The van der Waals surface area contributed by atoms with E-state index in [0.29, 0.717) is 11.3 Å². The Labute approximate surface area is 201 Å². The molecule has 0 unspecified atom stereocenters. The fourth-order valence-corrected chi connectivity index (χ4v) is 3.99. The molecule has 11 nitrogen and oxygen atoms in total. The molecule has 0 radical (unpaired) electrons. The molecule has 36 heavy (non-hydrogen) atoms. The first kappa shape index (κ1) is 23.0. The number of carbonyl (C=O) groups excluding carboxylic acids is 1. The minimum Gasteiger partial charge on any atom is -0.502 e. The highest BCUT2D eigenvalue weighted by molar-refractivity contribution is 6.11. The Bertz CT molecular complexity index is 1510. The lowest BCUT2D eigenvalue weighted by atomic mass is 10.1. The monoisotopic (exact) mass is 496 g/mol. The van der Waals surface area contributed by atoms with Crippen molar-refractivity contribution in [2.75, 3.05) is 16.4 Å². The molecule has 0 bridgehead atoms. The van der Waals surface area contributed by atoms with Crippen molar-refractivity contribution >= 4 is 39.8 Å². The molecule has 4 aromatic rings. The maximum atomic E-state index is 13.8. The molecule has 0 atom stereocenters. The Balaban J connectivity index is 1.63. The number of aryl methyl sites for hydroxylation is 1. The van der Waals surface area contributed by atoms with Crippen molar-refractivity contribution in [2.24, 2.45) is 7.05 Å². The summed E-state index contributed by atoms with van der Waals surface area (Å²) in [6.07, 6.45) is -0.922. The van der Waals surface area contributed by atoms with E-state index in [4.69, 9.17) is 4.74 Å². The molecule has 0 spiro atoms. The number of aromatic nitrogens is 3. The van der Waals surface area contributed by atoms with Gasteiger partial charge in [-0.3, -0.25) is 19.7 Å². The lowest BCUT2D eigenvalue weighted by Gasteiger charge is -2.36. The predicted octanol–water partition coefficient (Wildman–Crippen LogP) is 4.50. The molecule has 13 heteroatoms. The van der Waals surface area contributed by atoms with Crippen molar-refractivity contribution < 1.29 is 28.3 Å². The van der Waals surface area contributed by atoms with E-state index in [1.54, 1.807) is 42.2 Å². The molecule has 0 saturated carbocycles. The number of pyridine rings is 1. The van der Waals surface area contributed by atoms with E-state index in [9.17, 15) is 28.8 Å². The summed E-state index contributed by atoms with van der Waals surface area (Å²) in [4.78, 5) is 31.2. The van der Waals surface area contributed by atoms with Crippen LogP contribution in [0, 0.1) is 10.1 Å². The summed E-state index contributed by atoms with van der Waals surface area (Å²) in [5.74, 6) is -0.634. The van der Waals surface area contributed by atoms with Crippen LogP contribution < -0.4 is 14.5 Å². The van der Waals surface area contributed by atoms with E-state index in [-0.39, 0.29) is 23.9 Å². The highest BCUT2D eigenvalue weighted by Gasteiger charge is 2.35. The molecule has 0 saturated heterocycles. The van der Waals surface area contributed by atoms with E-state index < -0.39 is 35.4 Å². The first-order chi connectivity index (χ1) is 17.2. The highest BCUT2D eigenvalue weighted by atomic mass is 19.3. The number of fused-ring (bicyclic) bond motifs is 2. The number of ether oxygens (including phenoxy) is 1. The molecule has 2 aromatic heterocycles. The SMILES string of the molecule is Cn1cc2cc(N3Cc4ccc(OCC(F)F)nc4N(c4ccc(O)c([N+](=O)[O-])c4)C3=O)ccc2n1. The van der Waals surface area contributed by atoms with Crippen LogP contribution in [0.5, 0.6) is 11.6 Å². The zero-order chi connectivity index (χ0) is 25.6. The Morgan fingerprint density at radius 1 is 1.17 bits per heavy atom. The fourth-order valence-electron chi connectivity index (χ4n) is 3.99. The number of nitro groups is 1. The number of alkyl halides is 2. The van der Waals surface area contributed by atoms with Crippen LogP contribution in [0.2, 0.25) is 0 Å². The van der Waals surface area contributed by atoms with E-state index in [0.717, 1.165) is 27.9 Å². The third kappa shape index (κ3) is 4.10. The lowest BCUT2D eigenvalue weighted by molar-refractivity contribution is -0.385. The summed E-state index contributed by atoms with van der Waals surface area (Å²) in [6, 6.07) is 11.2. The van der Waals surface area contributed by atoms with Gasteiger partial charge in [0.2, 0.25) is 5.88 Å². The molecule has 5 rings (SSSR count). The summed E-state index contributed by atoms with van der Waals surface area (Å²) >= 11 is 0. The molecule has 2 amide bonds. The van der Waals surface area contributed by atoms with Gasteiger partial charge in [-0.25, -0.2) is 18.5 Å². The standard InChI is InChI=1S/C23H18F2N6O5/c1-28-10-14-8-15(3-5-17(14)27-28)29-11-13-2-7-21(36-12-20(24)25)26-22(13)30(23(29)33)16-4-6-19(32)18(9-16)31(34)35/h2-10,20,32H,11-12H2,1H3. The summed E-state index contributed by atoms with van der Waals surface area (Å²) < 4.78 is 32.0. The average molecular weight is 496 g/mol. The number of nitrogens with zero attached hydrogens (tertiary/aromatic N) is 6. The van der Waals surface area contributed by atoms with Crippen LogP contribution >= 0.6 is 0 Å². The van der Waals surface area contributed by atoms with Gasteiger partial charge >= 0.3 is 11.7 Å². The first-order valence-electron chi connectivity index (χ1n) is 10.6. The Kier molecular flexibility index (Phi) is 5.59. The summed E-state index contributed by atoms with van der Waals surface area (Å²) in [5, 5.41) is 26.4. The normalized spacial score (nSPS) is 13.4. The smallest absolute Gasteiger partial charge is 0.335 e. The molecule has 0 fully saturated rings. The van der Waals surface area contributed by atoms with E-state index in [1.807, 2.05) is 0 Å². The zero-order valence-corrected chi connectivity index (χ0v) is 18.7. The number of benzene rings is 2. The number of hydrogen-bond donors (Lipinski definition) is 1. The molecule has 1 N–H and O–H groups in total. The third-order valence-corrected chi connectivity index (χ3v) is 5.58. The van der Waals surface area contributed by atoms with Gasteiger partial charge in [0.15, 0.2) is 12.4 Å². The number of nitro benzene ring substituents is 1. The molecular formula is C23H18F2N6O5. The van der Waals surface area contributed by atoms with E-state index in [2.05, 4.69) is 10.1 Å². The Morgan fingerprint density at radius 3 is 2.69 bits per heavy atom. The van der Waals surface area contributed by atoms with Crippen LogP contribution in [0.1, 0.15) is 5.56 Å². The van der Waals surface area contributed by atoms with Gasteiger partial charge < -0.3 is 9.84 Å². The minimum atomic E-state index is -2.72. The van der Waals surface area contributed by atoms with E-state index >= 15 is 0 Å². The zero-order valence-electron chi connectivity index (χ0n) is 18.7. The largest absolute Gasteiger partial charge is 0.502 e. The summed E-state index contributed by atoms with van der Waals surface area (Å²) in [6.45, 7) is -0.791. The number of aromatic hydroxyl groups is 1. The number of phenolic OH excluding ortho intramolecular Hbond substituents is 1. The van der Waals surface area contributed by atoms with Crippen molar-refractivity contribution in [2.45, 2.75) is 13.0 Å². The van der Waals surface area contributed by atoms with Crippen molar-refractivity contribution in [3.63, 3.8) is 0 Å². The fraction of sp³-hybridized carbons (Fsp3) is 0.174. The molecule has 3 heterocycles. The number of rotatable bonds is 6. The summed E-state index contributed by atoms with van der Waals surface area (Å²) in [7, 11) is 1.78. The van der Waals surface area contributed by atoms with Gasteiger partial charge in [0, 0.05) is 42.0 Å². The number of halogens is 2. The number of urea groups is 1. The average Bonchev–Trinajstić information content (AvgIpc) is 3.22. The van der Waals surface area contributed by atoms with Crippen LogP contribution in [-0.2, 0) is 13.6 Å². The second-order valence-corrected chi connectivity index (χ2v) is 8.01. The van der Waals surface area contributed by atoms with Crippen molar-refractivity contribution in [1.29, 1.82) is 0 Å². The maximum Gasteiger partial charge on any atom is 0.335 e. The first-order valence-corrected chi connectivity index (χ1v) is 10.6. The number of amides is 2. The van der Waals surface area contributed by atoms with Gasteiger partial charge in [0.25, 0.3) is 6.43 Å². The van der Waals surface area contributed by atoms with Gasteiger partial charge in [-0.2, -0.15) is 10.1 Å². The minimum absolute atomic E-state index is 0.0522. The third-order valence-electron chi connectivity index (χ3n) is 5.58. The number of phenols is 1. The van der Waals surface area contributed by atoms with Gasteiger partial charge in [0.05, 0.1) is 22.7 Å². The van der Waals surface area contributed by atoms with Crippen LogP contribution in [0.4, 0.5) is 36.5 Å². The number of carbonyl (C=O) groups is 1. The topological polar surface area (TPSA) is 127 Å². The van der Waals surface area contributed by atoms with Gasteiger partial charge in [-0.1, -0.05) is 0 Å². The highest BCUT2D eigenvalue weighted by Crippen LogP contribution is 2.40. The number of anilines is 3. The van der Waals surface area contributed by atoms with Crippen molar-refractivity contribution in [3.8, 4) is 11.6 Å². The molecule has 1 aliphatic rings. The molecular weight excluding hydrogens is 478 g/mol. The van der Waals surface area contributed by atoms with E-state index in [1.165, 1.54) is 17.0 Å². The predicted molar refractivity (Wildman–Crippen MR) is 125 cm³/mol. The second kappa shape index (κ2) is 8.76. The van der Waals surface area contributed by atoms with Crippen LogP contribution in [-0.4, -0.2) is 43.9 Å². The molecule has 184 valence electrons.